The van der Waals surface area contributed by atoms with Crippen LogP contribution in [0.2, 0.25) is 0 Å². The molecule has 8 rings (SSSR count). The van der Waals surface area contributed by atoms with Crippen molar-refractivity contribution in [3.8, 4) is 33.4 Å². The topological polar surface area (TPSA) is 0 Å². The predicted molar refractivity (Wildman–Crippen MR) is 231 cm³/mol. The van der Waals surface area contributed by atoms with Crippen molar-refractivity contribution in [1.29, 1.82) is 0 Å². The van der Waals surface area contributed by atoms with Crippen LogP contribution >= 0.6 is 0 Å². The molecule has 0 nitrogen and oxygen atoms in total. The molecule has 4 aliphatic carbocycles. The molecule has 0 spiro atoms. The van der Waals surface area contributed by atoms with Crippen LogP contribution in [-0.4, -0.2) is 3.21 Å². The molecule has 3 heteroatoms. The Labute approximate surface area is 368 Å². The Bertz CT molecular complexity index is 1760. The number of hydrogen-bond acceptors (Lipinski definition) is 0. The van der Waals surface area contributed by atoms with Crippen molar-refractivity contribution < 1.29 is 49.0 Å². The van der Waals surface area contributed by atoms with Crippen LogP contribution in [-0.2, 0) is 41.5 Å². The molecule has 0 amide bonds. The standard InChI is InChI=1S/C33H33.C15H26.C5H5.2ClH.Zr/c1-32(2,3)30-20-26-24(18-28(30)22-13-9-7-10-14-22)17-25-19-29(23-15-11-8-12-16-23)31(21-27(25)26)33(4,5)6;1-3-8-14(9-4-1)12-7-13-15-10-5-2-6-11-15;1-2-4-5-3-1;;;/h7-16,18,20-21H,17H2,1-6H3;14-15H,1-6,8-13H2;1-3H,4H2;2*1H;/q-1;;-1;;;+2/p-2. The third-order valence-electron chi connectivity index (χ3n) is 11.9. The Morgan fingerprint density at radius 1 is 0.625 bits per heavy atom. The fourth-order valence-electron chi connectivity index (χ4n) is 9.00. The van der Waals surface area contributed by atoms with E-state index in [0.717, 1.165) is 24.7 Å². The van der Waals surface area contributed by atoms with Crippen molar-refractivity contribution in [1.82, 2.24) is 0 Å². The summed E-state index contributed by atoms with van der Waals surface area (Å²) in [6.45, 7) is 13.9. The maximum atomic E-state index is 3.88. The molecular formula is C53H64Cl2Zr-2. The van der Waals surface area contributed by atoms with Crippen LogP contribution in [0.25, 0.3) is 33.4 Å². The van der Waals surface area contributed by atoms with Crippen molar-refractivity contribution in [2.24, 2.45) is 11.8 Å². The van der Waals surface area contributed by atoms with Gasteiger partial charge in [-0.15, -0.1) is 35.2 Å². The molecule has 56 heavy (non-hydrogen) atoms. The van der Waals surface area contributed by atoms with Crippen molar-refractivity contribution >= 4 is 3.21 Å². The Hall–Kier alpha value is -2.31. The van der Waals surface area contributed by atoms with E-state index in [-0.39, 0.29) is 35.6 Å². The molecule has 0 aromatic heterocycles. The van der Waals surface area contributed by atoms with Crippen molar-refractivity contribution in [3.63, 3.8) is 0 Å². The van der Waals surface area contributed by atoms with Gasteiger partial charge in [-0.2, -0.15) is 6.08 Å². The number of benzene rings is 4. The van der Waals surface area contributed by atoms with Gasteiger partial charge in [0.15, 0.2) is 0 Å². The first-order valence-electron chi connectivity index (χ1n) is 21.1. The predicted octanol–water partition coefficient (Wildman–Crippen LogP) is 8.95. The number of halogens is 2. The first kappa shape index (κ1) is 46.4. The molecule has 0 N–H and O–H groups in total. The third-order valence-corrected chi connectivity index (χ3v) is 12.9. The van der Waals surface area contributed by atoms with Gasteiger partial charge >= 0.3 is 116 Å². The van der Waals surface area contributed by atoms with Crippen LogP contribution < -0.4 is 24.8 Å². The van der Waals surface area contributed by atoms with E-state index in [9.17, 15) is 0 Å². The van der Waals surface area contributed by atoms with Crippen LogP contribution in [0.5, 0.6) is 0 Å². The van der Waals surface area contributed by atoms with Gasteiger partial charge in [0, 0.05) is 0 Å². The summed E-state index contributed by atoms with van der Waals surface area (Å²) >= 11 is 1.75. The number of hydrogen-bond donors (Lipinski definition) is 0. The fraction of sp³-hybridized carbons (Fsp3) is 0.453. The zero-order valence-corrected chi connectivity index (χ0v) is 39.0. The van der Waals surface area contributed by atoms with Gasteiger partial charge in [0.25, 0.3) is 0 Å². The first-order chi connectivity index (χ1) is 26.0. The minimum atomic E-state index is 0. The summed E-state index contributed by atoms with van der Waals surface area (Å²) in [5.41, 5.74) is 13.5. The number of fused-ring (bicyclic) bond motifs is 3. The molecule has 0 atom stereocenters. The van der Waals surface area contributed by atoms with Gasteiger partial charge in [0.1, 0.15) is 0 Å². The molecular weight excluding hydrogens is 799 g/mol. The third kappa shape index (κ3) is 12.6. The molecule has 0 unspecified atom stereocenters. The van der Waals surface area contributed by atoms with Crippen LogP contribution in [0.1, 0.15) is 147 Å². The molecule has 296 valence electrons. The van der Waals surface area contributed by atoms with Crippen molar-refractivity contribution in [2.75, 3.05) is 0 Å². The van der Waals surface area contributed by atoms with E-state index in [1.807, 2.05) is 15.4 Å². The molecule has 0 radical (unpaired) electrons. The van der Waals surface area contributed by atoms with E-state index in [0.29, 0.717) is 0 Å². The molecule has 2 saturated carbocycles. The Morgan fingerprint density at radius 2 is 1.14 bits per heavy atom. The molecule has 2 fully saturated rings. The second-order valence-electron chi connectivity index (χ2n) is 18.4. The molecule has 4 aliphatic rings. The molecule has 0 saturated heterocycles. The molecule has 0 bridgehead atoms. The average Bonchev–Trinajstić information content (AvgIpc) is 3.87. The summed E-state index contributed by atoms with van der Waals surface area (Å²) < 4.78 is 1.91. The summed E-state index contributed by atoms with van der Waals surface area (Å²) in [5.74, 6) is 2.15. The van der Waals surface area contributed by atoms with E-state index in [2.05, 4.69) is 139 Å². The summed E-state index contributed by atoms with van der Waals surface area (Å²) in [6.07, 6.45) is 29.1. The number of rotatable bonds is 6. The zero-order valence-electron chi connectivity index (χ0n) is 35.0. The Morgan fingerprint density at radius 3 is 1.61 bits per heavy atom. The molecule has 0 aliphatic heterocycles. The van der Waals surface area contributed by atoms with Gasteiger partial charge in [-0.3, -0.25) is 6.08 Å². The van der Waals surface area contributed by atoms with E-state index in [4.69, 9.17) is 0 Å². The van der Waals surface area contributed by atoms with E-state index in [1.54, 1.807) is 24.2 Å². The molecule has 4 aromatic carbocycles. The first-order valence-corrected chi connectivity index (χ1v) is 22.4. The second kappa shape index (κ2) is 21.6. The monoisotopic (exact) mass is 860 g/mol. The Balaban J connectivity index is 0.000000252. The van der Waals surface area contributed by atoms with E-state index >= 15 is 0 Å². The minimum absolute atomic E-state index is 0. The van der Waals surface area contributed by atoms with E-state index < -0.39 is 0 Å². The quantitative estimate of drug-likeness (QED) is 0.150. The van der Waals surface area contributed by atoms with Crippen LogP contribution in [0.15, 0.2) is 97.1 Å². The van der Waals surface area contributed by atoms with Gasteiger partial charge in [-0.1, -0.05) is 131 Å². The van der Waals surface area contributed by atoms with Crippen LogP contribution in [0.3, 0.4) is 0 Å². The average molecular weight is 863 g/mol. The van der Waals surface area contributed by atoms with Gasteiger partial charge in [-0.05, 0) is 39.5 Å². The van der Waals surface area contributed by atoms with Gasteiger partial charge in [-0.25, -0.2) is 12.2 Å². The van der Waals surface area contributed by atoms with Crippen LogP contribution in [0, 0.1) is 24.0 Å². The second-order valence-corrected chi connectivity index (χ2v) is 20.2. The van der Waals surface area contributed by atoms with Crippen molar-refractivity contribution in [3.05, 3.63) is 131 Å². The van der Waals surface area contributed by atoms with Crippen molar-refractivity contribution in [2.45, 2.75) is 142 Å². The number of allylic oxidation sites excluding steroid dienone is 4. The van der Waals surface area contributed by atoms with Gasteiger partial charge < -0.3 is 24.8 Å². The van der Waals surface area contributed by atoms with Gasteiger partial charge in [0.2, 0.25) is 0 Å². The Kier molecular flexibility index (Phi) is 17.9. The summed E-state index contributed by atoms with van der Waals surface area (Å²) in [4.78, 5) is 0. The van der Waals surface area contributed by atoms with Gasteiger partial charge in [0.05, 0.1) is 0 Å². The molecule has 0 heterocycles. The SMILES string of the molecule is CC(C)(C)c1cc2c([c-]c1-c1ccccc1)Cc1cc(-c3ccccc3)c(C(C)(C)C)cc1-2.[C-]1=CC=CC1.[Cl-].[Cl-].[Zr+2]=[C](CC1CCCCC1)CC1CCCCC1. The summed E-state index contributed by atoms with van der Waals surface area (Å²) in [5, 5.41) is 0. The molecule has 4 aromatic rings. The summed E-state index contributed by atoms with van der Waals surface area (Å²) in [6, 6.07) is 32.8. The van der Waals surface area contributed by atoms with E-state index in [1.165, 1.54) is 133 Å². The summed E-state index contributed by atoms with van der Waals surface area (Å²) in [7, 11) is 0. The normalized spacial score (nSPS) is 16.3. The maximum absolute atomic E-state index is 3.88. The zero-order chi connectivity index (χ0) is 38.1. The van der Waals surface area contributed by atoms with Crippen LogP contribution in [0.4, 0.5) is 0 Å². The fourth-order valence-corrected chi connectivity index (χ4v) is 10.4.